The van der Waals surface area contributed by atoms with Crippen LogP contribution in [-0.4, -0.2) is 30.4 Å². The van der Waals surface area contributed by atoms with E-state index in [0.717, 1.165) is 22.4 Å². The Bertz CT molecular complexity index is 1080. The molecule has 4 rings (SSSR count). The van der Waals surface area contributed by atoms with Gasteiger partial charge in [-0.25, -0.2) is 4.39 Å². The second-order valence-corrected chi connectivity index (χ2v) is 8.13. The van der Waals surface area contributed by atoms with E-state index in [1.54, 1.807) is 24.1 Å². The summed E-state index contributed by atoms with van der Waals surface area (Å²) in [6, 6.07) is 22.8. The van der Waals surface area contributed by atoms with Crippen molar-refractivity contribution in [2.75, 3.05) is 13.7 Å². The van der Waals surface area contributed by atoms with Gasteiger partial charge in [0, 0.05) is 19.0 Å². The average Bonchev–Trinajstić information content (AvgIpc) is 2.85. The lowest BCUT2D eigenvalue weighted by atomic mass is 9.79. The number of piperidine rings is 1. The average molecular weight is 448 g/mol. The molecule has 1 saturated heterocycles. The molecule has 2 atom stereocenters. The Balaban J connectivity index is 1.54. The Morgan fingerprint density at radius 3 is 2.33 bits per heavy atom. The van der Waals surface area contributed by atoms with Gasteiger partial charge in [0.1, 0.15) is 24.1 Å². The van der Waals surface area contributed by atoms with Crippen molar-refractivity contribution in [3.63, 3.8) is 0 Å². The highest BCUT2D eigenvalue weighted by Gasteiger charge is 2.43. The number of hydrogen-bond donors (Lipinski definition) is 0. The number of hydrogen-bond acceptors (Lipinski definition) is 4. The molecule has 5 nitrogen and oxygen atoms in total. The summed E-state index contributed by atoms with van der Waals surface area (Å²) in [5.74, 6) is -1.80. The summed E-state index contributed by atoms with van der Waals surface area (Å²) in [5, 5.41) is 0. The number of carbonyl (C=O) groups is 2. The van der Waals surface area contributed by atoms with Gasteiger partial charge in [-0.05, 0) is 47.4 Å². The lowest BCUT2D eigenvalue weighted by Gasteiger charge is -2.37. The molecule has 0 unspecified atom stereocenters. The molecule has 0 bridgehead atoms. The molecular weight excluding hydrogens is 421 g/mol. The standard InChI is InChI=1S/C27H26FNO4/c1-32-23-13-7-19(8-14-23)17-29-16-15-24(21-9-11-22(28)12-10-21)25(26(29)30)27(31)33-18-20-5-3-2-4-6-20/h2-14,24-25H,15-18H2,1H3/t24-,25-/m1/s1. The number of nitrogens with zero attached hydrogens (tertiary/aromatic N) is 1. The Hall–Kier alpha value is -3.67. The maximum absolute atomic E-state index is 13.5. The zero-order valence-electron chi connectivity index (χ0n) is 18.4. The summed E-state index contributed by atoms with van der Waals surface area (Å²) in [5.41, 5.74) is 2.55. The molecule has 3 aromatic carbocycles. The molecule has 1 aliphatic heterocycles. The van der Waals surface area contributed by atoms with Crippen molar-refractivity contribution < 1.29 is 23.5 Å². The van der Waals surface area contributed by atoms with Crippen molar-refractivity contribution in [3.05, 3.63) is 101 Å². The second kappa shape index (κ2) is 10.3. The van der Waals surface area contributed by atoms with Crippen LogP contribution in [0, 0.1) is 11.7 Å². The van der Waals surface area contributed by atoms with E-state index in [2.05, 4.69) is 0 Å². The third-order valence-electron chi connectivity index (χ3n) is 6.00. The number of amides is 1. The summed E-state index contributed by atoms with van der Waals surface area (Å²) in [6.07, 6.45) is 0.582. The van der Waals surface area contributed by atoms with Crippen LogP contribution in [0.5, 0.6) is 5.75 Å². The molecule has 0 aromatic heterocycles. The van der Waals surface area contributed by atoms with Crippen molar-refractivity contribution in [1.82, 2.24) is 4.90 Å². The monoisotopic (exact) mass is 447 g/mol. The molecule has 0 spiro atoms. The molecule has 0 radical (unpaired) electrons. The Kier molecular flexibility index (Phi) is 7.03. The number of esters is 1. The number of ether oxygens (including phenoxy) is 2. The topological polar surface area (TPSA) is 55.8 Å². The number of rotatable bonds is 7. The number of benzene rings is 3. The fraction of sp³-hybridized carbons (Fsp3) is 0.259. The minimum atomic E-state index is -0.980. The molecule has 0 saturated carbocycles. The molecular formula is C27H26FNO4. The highest BCUT2D eigenvalue weighted by Crippen LogP contribution is 2.36. The van der Waals surface area contributed by atoms with E-state index in [1.165, 1.54) is 12.1 Å². The fourth-order valence-corrected chi connectivity index (χ4v) is 4.20. The van der Waals surface area contributed by atoms with Crippen LogP contribution in [0.2, 0.25) is 0 Å². The Morgan fingerprint density at radius 2 is 1.67 bits per heavy atom. The maximum atomic E-state index is 13.5. The maximum Gasteiger partial charge on any atom is 0.319 e. The third-order valence-corrected chi connectivity index (χ3v) is 6.00. The van der Waals surface area contributed by atoms with Crippen molar-refractivity contribution >= 4 is 11.9 Å². The quantitative estimate of drug-likeness (QED) is 0.389. The van der Waals surface area contributed by atoms with Gasteiger partial charge in [-0.15, -0.1) is 0 Å². The zero-order valence-corrected chi connectivity index (χ0v) is 18.4. The molecule has 0 aliphatic carbocycles. The SMILES string of the molecule is COc1ccc(CN2CC[C@H](c3ccc(F)cc3)[C@@H](C(=O)OCc3ccccc3)C2=O)cc1. The molecule has 3 aromatic rings. The molecule has 1 fully saturated rings. The summed E-state index contributed by atoms with van der Waals surface area (Å²) in [7, 11) is 1.60. The largest absolute Gasteiger partial charge is 0.497 e. The summed E-state index contributed by atoms with van der Waals surface area (Å²) < 4.78 is 24.2. The van der Waals surface area contributed by atoms with Gasteiger partial charge in [0.15, 0.2) is 0 Å². The van der Waals surface area contributed by atoms with E-state index in [4.69, 9.17) is 9.47 Å². The van der Waals surface area contributed by atoms with Gasteiger partial charge in [0.2, 0.25) is 5.91 Å². The number of halogens is 1. The van der Waals surface area contributed by atoms with Gasteiger partial charge in [0.25, 0.3) is 0 Å². The van der Waals surface area contributed by atoms with E-state index in [9.17, 15) is 14.0 Å². The predicted octanol–water partition coefficient (Wildman–Crippen LogP) is 4.71. The second-order valence-electron chi connectivity index (χ2n) is 8.13. The number of likely N-dealkylation sites (tertiary alicyclic amines) is 1. The molecule has 1 amide bonds. The van der Waals surface area contributed by atoms with Crippen molar-refractivity contribution in [2.24, 2.45) is 5.92 Å². The van der Waals surface area contributed by atoms with Crippen LogP contribution in [0.4, 0.5) is 4.39 Å². The van der Waals surface area contributed by atoms with E-state index >= 15 is 0 Å². The summed E-state index contributed by atoms with van der Waals surface area (Å²) >= 11 is 0. The van der Waals surface area contributed by atoms with Gasteiger partial charge >= 0.3 is 5.97 Å². The minimum absolute atomic E-state index is 0.0953. The molecule has 0 N–H and O–H groups in total. The van der Waals surface area contributed by atoms with Crippen molar-refractivity contribution in [3.8, 4) is 5.75 Å². The zero-order chi connectivity index (χ0) is 23.2. The van der Waals surface area contributed by atoms with E-state index in [-0.39, 0.29) is 24.2 Å². The fourth-order valence-electron chi connectivity index (χ4n) is 4.20. The first kappa shape index (κ1) is 22.5. The van der Waals surface area contributed by atoms with Crippen LogP contribution in [-0.2, 0) is 27.5 Å². The van der Waals surface area contributed by atoms with Gasteiger partial charge < -0.3 is 14.4 Å². The summed E-state index contributed by atoms with van der Waals surface area (Å²) in [6.45, 7) is 0.981. The van der Waals surface area contributed by atoms with Gasteiger partial charge in [-0.1, -0.05) is 54.6 Å². The van der Waals surface area contributed by atoms with Gasteiger partial charge in [0.05, 0.1) is 7.11 Å². The van der Waals surface area contributed by atoms with E-state index in [0.29, 0.717) is 19.5 Å². The van der Waals surface area contributed by atoms with Crippen LogP contribution < -0.4 is 4.74 Å². The Morgan fingerprint density at radius 1 is 0.970 bits per heavy atom. The predicted molar refractivity (Wildman–Crippen MR) is 122 cm³/mol. The van der Waals surface area contributed by atoms with Crippen LogP contribution >= 0.6 is 0 Å². The van der Waals surface area contributed by atoms with Crippen LogP contribution in [0.25, 0.3) is 0 Å². The highest BCUT2D eigenvalue weighted by molar-refractivity contribution is 5.99. The number of methoxy groups -OCH3 is 1. The van der Waals surface area contributed by atoms with E-state index < -0.39 is 11.9 Å². The van der Waals surface area contributed by atoms with Gasteiger partial charge in [-0.2, -0.15) is 0 Å². The smallest absolute Gasteiger partial charge is 0.319 e. The normalized spacial score (nSPS) is 18.1. The van der Waals surface area contributed by atoms with Crippen LogP contribution in [0.3, 0.4) is 0 Å². The molecule has 1 aliphatic rings. The van der Waals surface area contributed by atoms with Crippen molar-refractivity contribution in [1.29, 1.82) is 0 Å². The minimum Gasteiger partial charge on any atom is -0.497 e. The first-order valence-corrected chi connectivity index (χ1v) is 10.9. The van der Waals surface area contributed by atoms with Crippen molar-refractivity contribution in [2.45, 2.75) is 25.5 Å². The van der Waals surface area contributed by atoms with E-state index in [1.807, 2.05) is 54.6 Å². The van der Waals surface area contributed by atoms with Crippen LogP contribution in [0.15, 0.2) is 78.9 Å². The molecule has 1 heterocycles. The molecule has 170 valence electrons. The third kappa shape index (κ3) is 5.40. The highest BCUT2D eigenvalue weighted by atomic mass is 19.1. The van der Waals surface area contributed by atoms with Crippen LogP contribution in [0.1, 0.15) is 29.0 Å². The molecule has 33 heavy (non-hydrogen) atoms. The first-order valence-electron chi connectivity index (χ1n) is 10.9. The lowest BCUT2D eigenvalue weighted by molar-refractivity contribution is -0.160. The van der Waals surface area contributed by atoms with Gasteiger partial charge in [-0.3, -0.25) is 9.59 Å². The summed E-state index contributed by atoms with van der Waals surface area (Å²) in [4.78, 5) is 28.3. The Labute approximate surface area is 192 Å². The first-order chi connectivity index (χ1) is 16.0. The lowest BCUT2D eigenvalue weighted by Crippen LogP contribution is -2.47. The number of carbonyl (C=O) groups excluding carboxylic acids is 2. The molecule has 6 heteroatoms.